The molecule has 5 heteroatoms. The van der Waals surface area contributed by atoms with Crippen LogP contribution in [0.4, 0.5) is 5.69 Å². The van der Waals surface area contributed by atoms with Crippen LogP contribution < -0.4 is 10.6 Å². The van der Waals surface area contributed by atoms with Gasteiger partial charge >= 0.3 is 0 Å². The van der Waals surface area contributed by atoms with Crippen LogP contribution in [0.5, 0.6) is 0 Å². The van der Waals surface area contributed by atoms with Crippen LogP contribution in [-0.4, -0.2) is 36.1 Å². The summed E-state index contributed by atoms with van der Waals surface area (Å²) in [6.07, 6.45) is 4.08. The molecule has 0 saturated carbocycles. The molecule has 0 spiro atoms. The number of pyridine rings is 1. The van der Waals surface area contributed by atoms with E-state index in [0.717, 1.165) is 68.7 Å². The number of hydrogen-bond donors (Lipinski definition) is 2. The number of halogens is 1. The van der Waals surface area contributed by atoms with Gasteiger partial charge in [-0.3, -0.25) is 9.88 Å². The van der Waals surface area contributed by atoms with Crippen molar-refractivity contribution in [1.82, 2.24) is 15.2 Å². The summed E-state index contributed by atoms with van der Waals surface area (Å²) >= 11 is 6.09. The van der Waals surface area contributed by atoms with Crippen molar-refractivity contribution in [1.29, 1.82) is 0 Å². The Morgan fingerprint density at radius 3 is 2.12 bits per heavy atom. The second kappa shape index (κ2) is 13.1. The van der Waals surface area contributed by atoms with E-state index in [0.29, 0.717) is 5.02 Å². The molecule has 1 heterocycles. The van der Waals surface area contributed by atoms with Crippen LogP contribution in [0.1, 0.15) is 24.0 Å². The quantitative estimate of drug-likeness (QED) is 0.222. The summed E-state index contributed by atoms with van der Waals surface area (Å²) in [4.78, 5) is 6.92. The summed E-state index contributed by atoms with van der Waals surface area (Å²) in [5.41, 5.74) is 4.76. The van der Waals surface area contributed by atoms with E-state index in [4.69, 9.17) is 11.6 Å². The molecule has 0 aliphatic heterocycles. The summed E-state index contributed by atoms with van der Waals surface area (Å²) < 4.78 is 0. The van der Waals surface area contributed by atoms with Crippen LogP contribution in [0.15, 0.2) is 91.1 Å². The Hall–Kier alpha value is -2.92. The molecule has 0 atom stereocenters. The summed E-state index contributed by atoms with van der Waals surface area (Å²) in [6, 6.07) is 29.3. The van der Waals surface area contributed by atoms with Gasteiger partial charge in [0.1, 0.15) is 0 Å². The summed E-state index contributed by atoms with van der Waals surface area (Å²) in [6.45, 7) is 5.91. The Bertz CT molecular complexity index is 1090. The van der Waals surface area contributed by atoms with Crippen LogP contribution >= 0.6 is 11.6 Å². The number of nitrogens with zero attached hydrogens (tertiary/aromatic N) is 2. The third-order valence-electron chi connectivity index (χ3n) is 5.90. The number of nitrogens with one attached hydrogen (secondary N) is 2. The van der Waals surface area contributed by atoms with E-state index in [1.165, 1.54) is 11.1 Å². The lowest BCUT2D eigenvalue weighted by atomic mass is 10.1. The SMILES string of the molecule is Clc1ccc2c(NCCCCNCCN(Cc3ccccc3)Cc3ccccc3)ccnc2c1. The van der Waals surface area contributed by atoms with Crippen molar-refractivity contribution in [3.8, 4) is 0 Å². The molecule has 176 valence electrons. The Balaban J connectivity index is 1.17. The Morgan fingerprint density at radius 1 is 0.735 bits per heavy atom. The molecule has 0 radical (unpaired) electrons. The summed E-state index contributed by atoms with van der Waals surface area (Å²) in [7, 11) is 0. The van der Waals surface area contributed by atoms with Crippen LogP contribution in [0.25, 0.3) is 10.9 Å². The summed E-state index contributed by atoms with van der Waals surface area (Å²) in [5.74, 6) is 0. The van der Waals surface area contributed by atoms with Crippen LogP contribution in [-0.2, 0) is 13.1 Å². The molecule has 0 aliphatic carbocycles. The lowest BCUT2D eigenvalue weighted by Gasteiger charge is -2.23. The predicted octanol–water partition coefficient (Wildman–Crippen LogP) is 6.37. The second-order valence-electron chi connectivity index (χ2n) is 8.59. The highest BCUT2D eigenvalue weighted by molar-refractivity contribution is 6.31. The molecular weight excluding hydrogens is 440 g/mol. The van der Waals surface area contributed by atoms with Gasteiger partial charge in [-0.1, -0.05) is 72.3 Å². The van der Waals surface area contributed by atoms with E-state index in [9.17, 15) is 0 Å². The topological polar surface area (TPSA) is 40.2 Å². The highest BCUT2D eigenvalue weighted by atomic mass is 35.5. The number of benzene rings is 3. The first-order chi connectivity index (χ1) is 16.8. The van der Waals surface area contributed by atoms with E-state index in [2.05, 4.69) is 81.2 Å². The Kier molecular flexibility index (Phi) is 9.32. The van der Waals surface area contributed by atoms with Crippen molar-refractivity contribution in [2.24, 2.45) is 0 Å². The van der Waals surface area contributed by atoms with Gasteiger partial charge < -0.3 is 10.6 Å². The molecule has 0 bridgehead atoms. The molecule has 0 unspecified atom stereocenters. The maximum absolute atomic E-state index is 6.09. The predicted molar refractivity (Wildman–Crippen MR) is 144 cm³/mol. The Labute approximate surface area is 208 Å². The standard InChI is InChI=1S/C29H33ClN4/c30-26-13-14-27-28(15-18-33-29(27)21-26)32-17-8-7-16-31-19-20-34(22-24-9-3-1-4-10-24)23-25-11-5-2-6-12-25/h1-6,9-15,18,21,31H,7-8,16-17,19-20,22-23H2,(H,32,33). The van der Waals surface area contributed by atoms with Gasteiger partial charge in [0.2, 0.25) is 0 Å². The zero-order valence-electron chi connectivity index (χ0n) is 19.6. The third-order valence-corrected chi connectivity index (χ3v) is 6.14. The first-order valence-electron chi connectivity index (χ1n) is 12.1. The van der Waals surface area contributed by atoms with Crippen molar-refractivity contribution in [3.05, 3.63) is 107 Å². The minimum atomic E-state index is 0.717. The van der Waals surface area contributed by atoms with Crippen LogP contribution in [0.3, 0.4) is 0 Å². The number of aromatic nitrogens is 1. The average molecular weight is 473 g/mol. The van der Waals surface area contributed by atoms with Crippen molar-refractivity contribution in [2.45, 2.75) is 25.9 Å². The largest absolute Gasteiger partial charge is 0.384 e. The van der Waals surface area contributed by atoms with Gasteiger partial charge in [-0.15, -0.1) is 0 Å². The maximum atomic E-state index is 6.09. The van der Waals surface area contributed by atoms with Crippen molar-refractivity contribution in [3.63, 3.8) is 0 Å². The molecule has 4 rings (SSSR count). The lowest BCUT2D eigenvalue weighted by Crippen LogP contribution is -2.32. The van der Waals surface area contributed by atoms with E-state index in [-0.39, 0.29) is 0 Å². The monoisotopic (exact) mass is 472 g/mol. The fourth-order valence-electron chi connectivity index (χ4n) is 4.13. The van der Waals surface area contributed by atoms with E-state index in [1.807, 2.05) is 30.5 Å². The number of rotatable bonds is 13. The number of anilines is 1. The molecule has 34 heavy (non-hydrogen) atoms. The fourth-order valence-corrected chi connectivity index (χ4v) is 4.30. The number of fused-ring (bicyclic) bond motifs is 1. The third kappa shape index (κ3) is 7.56. The molecule has 0 aliphatic rings. The average Bonchev–Trinajstić information content (AvgIpc) is 2.86. The van der Waals surface area contributed by atoms with Crippen molar-refractivity contribution < 1.29 is 0 Å². The maximum Gasteiger partial charge on any atom is 0.0737 e. The zero-order chi connectivity index (χ0) is 23.4. The van der Waals surface area contributed by atoms with E-state index in [1.54, 1.807) is 0 Å². The van der Waals surface area contributed by atoms with Crippen LogP contribution in [0, 0.1) is 0 Å². The van der Waals surface area contributed by atoms with E-state index >= 15 is 0 Å². The molecule has 2 N–H and O–H groups in total. The first-order valence-corrected chi connectivity index (χ1v) is 12.4. The van der Waals surface area contributed by atoms with E-state index < -0.39 is 0 Å². The molecule has 0 saturated heterocycles. The van der Waals surface area contributed by atoms with Crippen molar-refractivity contribution >= 4 is 28.2 Å². The minimum Gasteiger partial charge on any atom is -0.384 e. The molecule has 4 nitrogen and oxygen atoms in total. The van der Waals surface area contributed by atoms with Crippen LogP contribution in [0.2, 0.25) is 5.02 Å². The van der Waals surface area contributed by atoms with Gasteiger partial charge in [0.05, 0.1) is 5.52 Å². The lowest BCUT2D eigenvalue weighted by molar-refractivity contribution is 0.256. The molecule has 0 fully saturated rings. The molecule has 0 amide bonds. The number of hydrogen-bond acceptors (Lipinski definition) is 4. The fraction of sp³-hybridized carbons (Fsp3) is 0.276. The van der Waals surface area contributed by atoms with Gasteiger partial charge in [0, 0.05) is 55.0 Å². The number of unbranched alkanes of at least 4 members (excludes halogenated alkanes) is 1. The smallest absolute Gasteiger partial charge is 0.0737 e. The van der Waals surface area contributed by atoms with Crippen molar-refractivity contribution in [2.75, 3.05) is 31.5 Å². The molecular formula is C29H33ClN4. The summed E-state index contributed by atoms with van der Waals surface area (Å²) in [5, 5.41) is 9.01. The van der Waals surface area contributed by atoms with Gasteiger partial charge in [-0.25, -0.2) is 0 Å². The Morgan fingerprint density at radius 2 is 1.41 bits per heavy atom. The molecule has 3 aromatic carbocycles. The highest BCUT2D eigenvalue weighted by Crippen LogP contribution is 2.24. The van der Waals surface area contributed by atoms with Gasteiger partial charge in [-0.05, 0) is 54.8 Å². The van der Waals surface area contributed by atoms with Gasteiger partial charge in [0.15, 0.2) is 0 Å². The second-order valence-corrected chi connectivity index (χ2v) is 9.02. The first kappa shape index (κ1) is 24.2. The van der Waals surface area contributed by atoms with Gasteiger partial charge in [0.25, 0.3) is 0 Å². The highest BCUT2D eigenvalue weighted by Gasteiger charge is 2.07. The molecule has 1 aromatic heterocycles. The zero-order valence-corrected chi connectivity index (χ0v) is 20.3. The molecule has 4 aromatic rings. The van der Waals surface area contributed by atoms with Gasteiger partial charge in [-0.2, -0.15) is 0 Å². The normalized spacial score (nSPS) is 11.2. The minimum absolute atomic E-state index is 0.717.